The zero-order valence-electron chi connectivity index (χ0n) is 8.26. The molecule has 3 nitrogen and oxygen atoms in total. The predicted octanol–water partition coefficient (Wildman–Crippen LogP) is 2.53. The fraction of sp³-hybridized carbons (Fsp3) is 0.636. The molecule has 0 spiro atoms. The zero-order chi connectivity index (χ0) is 9.80. The average molecular weight is 189 g/mol. The van der Waals surface area contributed by atoms with Gasteiger partial charge in [-0.05, 0) is 24.8 Å². The van der Waals surface area contributed by atoms with Crippen LogP contribution >= 0.6 is 0 Å². The molecule has 0 aromatic carbocycles. The molecule has 1 aliphatic rings. The van der Waals surface area contributed by atoms with Crippen molar-refractivity contribution in [2.24, 2.45) is 5.92 Å². The summed E-state index contributed by atoms with van der Waals surface area (Å²) in [6.45, 7) is 0. The van der Waals surface area contributed by atoms with Gasteiger partial charge in [-0.25, -0.2) is 0 Å². The standard InChI is InChI=1S/C11H15N3/c12-7-6-11(10-4-1-2-5-10)14-9-3-8-13-14/h3,8-11H,1-2,4-6H2/t11-/m1/s1. The summed E-state index contributed by atoms with van der Waals surface area (Å²) in [6, 6.07) is 4.51. The lowest BCUT2D eigenvalue weighted by Crippen LogP contribution is -2.17. The maximum absolute atomic E-state index is 8.80. The van der Waals surface area contributed by atoms with Crippen LogP contribution in [0.3, 0.4) is 0 Å². The highest BCUT2D eigenvalue weighted by Gasteiger charge is 2.26. The van der Waals surface area contributed by atoms with Crippen LogP contribution in [-0.4, -0.2) is 9.78 Å². The predicted molar refractivity (Wildman–Crippen MR) is 53.5 cm³/mol. The molecular formula is C11H15N3. The number of nitriles is 1. The van der Waals surface area contributed by atoms with Crippen molar-refractivity contribution >= 4 is 0 Å². The highest BCUT2D eigenvalue weighted by molar-refractivity contribution is 4.90. The van der Waals surface area contributed by atoms with Crippen LogP contribution in [0.5, 0.6) is 0 Å². The number of nitrogens with zero attached hydrogens (tertiary/aromatic N) is 3. The van der Waals surface area contributed by atoms with Gasteiger partial charge in [-0.1, -0.05) is 12.8 Å². The first-order chi connectivity index (χ1) is 6.92. The zero-order valence-corrected chi connectivity index (χ0v) is 8.26. The molecular weight excluding hydrogens is 174 g/mol. The molecule has 1 heterocycles. The molecule has 3 heteroatoms. The molecule has 74 valence electrons. The Balaban J connectivity index is 2.11. The molecule has 2 rings (SSSR count). The smallest absolute Gasteiger partial charge is 0.0677 e. The van der Waals surface area contributed by atoms with Gasteiger partial charge in [0.1, 0.15) is 0 Å². The fourth-order valence-electron chi connectivity index (χ4n) is 2.39. The van der Waals surface area contributed by atoms with Gasteiger partial charge in [0.2, 0.25) is 0 Å². The number of aromatic nitrogens is 2. The SMILES string of the molecule is N#CC[C@H](C1CCCC1)n1cccn1. The van der Waals surface area contributed by atoms with Gasteiger partial charge in [0, 0.05) is 12.4 Å². The van der Waals surface area contributed by atoms with Gasteiger partial charge in [-0.2, -0.15) is 10.4 Å². The van der Waals surface area contributed by atoms with Crippen LogP contribution in [0, 0.1) is 17.2 Å². The van der Waals surface area contributed by atoms with Gasteiger partial charge in [0.05, 0.1) is 18.5 Å². The van der Waals surface area contributed by atoms with E-state index in [1.165, 1.54) is 25.7 Å². The Kier molecular flexibility index (Phi) is 2.83. The Morgan fingerprint density at radius 1 is 1.50 bits per heavy atom. The van der Waals surface area contributed by atoms with E-state index in [4.69, 9.17) is 5.26 Å². The second kappa shape index (κ2) is 4.28. The van der Waals surface area contributed by atoms with E-state index in [0.717, 1.165) is 0 Å². The second-order valence-corrected chi connectivity index (χ2v) is 3.96. The molecule has 1 aliphatic carbocycles. The minimum Gasteiger partial charge on any atom is -0.268 e. The van der Waals surface area contributed by atoms with Crippen molar-refractivity contribution in [1.29, 1.82) is 5.26 Å². The van der Waals surface area contributed by atoms with E-state index in [0.29, 0.717) is 18.4 Å². The first-order valence-corrected chi connectivity index (χ1v) is 5.28. The summed E-state index contributed by atoms with van der Waals surface area (Å²) in [5.74, 6) is 0.662. The highest BCUT2D eigenvalue weighted by Crippen LogP contribution is 2.35. The van der Waals surface area contributed by atoms with Crippen molar-refractivity contribution < 1.29 is 0 Å². The summed E-state index contributed by atoms with van der Waals surface area (Å²) >= 11 is 0. The van der Waals surface area contributed by atoms with Crippen molar-refractivity contribution in [2.45, 2.75) is 38.1 Å². The topological polar surface area (TPSA) is 41.6 Å². The first-order valence-electron chi connectivity index (χ1n) is 5.28. The molecule has 0 radical (unpaired) electrons. The van der Waals surface area contributed by atoms with Crippen LogP contribution in [0.1, 0.15) is 38.1 Å². The van der Waals surface area contributed by atoms with E-state index in [9.17, 15) is 0 Å². The van der Waals surface area contributed by atoms with Crippen molar-refractivity contribution in [2.75, 3.05) is 0 Å². The second-order valence-electron chi connectivity index (χ2n) is 3.96. The molecule has 0 unspecified atom stereocenters. The monoisotopic (exact) mass is 189 g/mol. The van der Waals surface area contributed by atoms with Crippen molar-refractivity contribution in [3.8, 4) is 6.07 Å². The Labute approximate surface area is 84.3 Å². The summed E-state index contributed by atoms with van der Waals surface area (Å²) < 4.78 is 1.96. The number of hydrogen-bond donors (Lipinski definition) is 0. The van der Waals surface area contributed by atoms with Crippen LogP contribution in [0.15, 0.2) is 18.5 Å². The van der Waals surface area contributed by atoms with Gasteiger partial charge in [0.15, 0.2) is 0 Å². The molecule has 1 fully saturated rings. The molecule has 0 bridgehead atoms. The van der Waals surface area contributed by atoms with E-state index >= 15 is 0 Å². The molecule has 1 atom stereocenters. The highest BCUT2D eigenvalue weighted by atomic mass is 15.3. The van der Waals surface area contributed by atoms with Crippen LogP contribution in [-0.2, 0) is 0 Å². The average Bonchev–Trinajstić information content (AvgIpc) is 2.87. The fourth-order valence-corrected chi connectivity index (χ4v) is 2.39. The number of rotatable bonds is 3. The molecule has 1 aromatic rings. The first kappa shape index (κ1) is 9.26. The summed E-state index contributed by atoms with van der Waals surface area (Å²) in [6.07, 6.45) is 9.49. The normalized spacial score (nSPS) is 19.4. The third kappa shape index (κ3) is 1.79. The Hall–Kier alpha value is -1.30. The Bertz CT molecular complexity index is 304. The molecule has 1 aromatic heterocycles. The molecule has 0 amide bonds. The minimum atomic E-state index is 0.303. The van der Waals surface area contributed by atoms with Crippen LogP contribution in [0.25, 0.3) is 0 Å². The quantitative estimate of drug-likeness (QED) is 0.733. The van der Waals surface area contributed by atoms with Gasteiger partial charge in [-0.15, -0.1) is 0 Å². The largest absolute Gasteiger partial charge is 0.268 e. The summed E-state index contributed by atoms with van der Waals surface area (Å²) in [5, 5.41) is 13.1. The van der Waals surface area contributed by atoms with Crippen molar-refractivity contribution in [1.82, 2.24) is 9.78 Å². The lowest BCUT2D eigenvalue weighted by Gasteiger charge is -2.21. The lowest BCUT2D eigenvalue weighted by atomic mass is 9.96. The summed E-state index contributed by atoms with van der Waals surface area (Å²) in [5.41, 5.74) is 0. The van der Waals surface area contributed by atoms with E-state index < -0.39 is 0 Å². The maximum atomic E-state index is 8.80. The van der Waals surface area contributed by atoms with Gasteiger partial charge < -0.3 is 0 Å². The summed E-state index contributed by atoms with van der Waals surface area (Å²) in [4.78, 5) is 0. The van der Waals surface area contributed by atoms with E-state index in [1.54, 1.807) is 6.20 Å². The van der Waals surface area contributed by atoms with Crippen molar-refractivity contribution in [3.63, 3.8) is 0 Å². The minimum absolute atomic E-state index is 0.303. The summed E-state index contributed by atoms with van der Waals surface area (Å²) in [7, 11) is 0. The number of hydrogen-bond acceptors (Lipinski definition) is 2. The van der Waals surface area contributed by atoms with Crippen LogP contribution in [0.4, 0.5) is 0 Å². The Morgan fingerprint density at radius 2 is 2.29 bits per heavy atom. The van der Waals surface area contributed by atoms with Crippen LogP contribution < -0.4 is 0 Å². The van der Waals surface area contributed by atoms with E-state index in [2.05, 4.69) is 11.2 Å². The van der Waals surface area contributed by atoms with E-state index in [-0.39, 0.29) is 0 Å². The third-order valence-electron chi connectivity index (χ3n) is 3.11. The Morgan fingerprint density at radius 3 is 2.86 bits per heavy atom. The van der Waals surface area contributed by atoms with Crippen molar-refractivity contribution in [3.05, 3.63) is 18.5 Å². The third-order valence-corrected chi connectivity index (χ3v) is 3.11. The van der Waals surface area contributed by atoms with Gasteiger partial charge >= 0.3 is 0 Å². The molecule has 0 saturated heterocycles. The molecule has 0 aliphatic heterocycles. The molecule has 14 heavy (non-hydrogen) atoms. The van der Waals surface area contributed by atoms with E-state index in [1.807, 2.05) is 16.9 Å². The van der Waals surface area contributed by atoms with Crippen LogP contribution in [0.2, 0.25) is 0 Å². The van der Waals surface area contributed by atoms with Gasteiger partial charge in [-0.3, -0.25) is 4.68 Å². The molecule has 1 saturated carbocycles. The lowest BCUT2D eigenvalue weighted by molar-refractivity contribution is 0.315. The molecule has 0 N–H and O–H groups in total. The maximum Gasteiger partial charge on any atom is 0.0677 e. The van der Waals surface area contributed by atoms with Gasteiger partial charge in [0.25, 0.3) is 0 Å².